The Morgan fingerprint density at radius 3 is 2.21 bits per heavy atom. The summed E-state index contributed by atoms with van der Waals surface area (Å²) in [5.41, 5.74) is 2.80. The first kappa shape index (κ1) is 12.3. The van der Waals surface area contributed by atoms with Crippen molar-refractivity contribution in [1.29, 1.82) is 0 Å². The lowest BCUT2D eigenvalue weighted by molar-refractivity contribution is 0.628. The van der Waals surface area contributed by atoms with Gasteiger partial charge in [0.15, 0.2) is 0 Å². The molecule has 0 unspecified atom stereocenters. The molecule has 4 heteroatoms. The first-order valence-electron chi connectivity index (χ1n) is 5.70. The quantitative estimate of drug-likeness (QED) is 0.626. The Morgan fingerprint density at radius 1 is 0.895 bits per heavy atom. The van der Waals surface area contributed by atoms with E-state index < -0.39 is 0 Å². The summed E-state index contributed by atoms with van der Waals surface area (Å²) in [7, 11) is 0. The molecule has 1 heterocycles. The summed E-state index contributed by atoms with van der Waals surface area (Å²) in [5, 5.41) is 3.60. The lowest BCUT2D eigenvalue weighted by Crippen LogP contribution is -1.80. The van der Waals surface area contributed by atoms with Gasteiger partial charge in [-0.3, -0.25) is 0 Å². The van der Waals surface area contributed by atoms with Crippen LogP contribution < -0.4 is 0 Å². The summed E-state index contributed by atoms with van der Waals surface area (Å²) in [5.74, 6) is -0.239. The second-order valence-corrected chi connectivity index (χ2v) is 5.35. The molecule has 0 radical (unpaired) electrons. The maximum absolute atomic E-state index is 12.9. The Balaban J connectivity index is 1.95. The minimum Gasteiger partial charge on any atom is -0.236 e. The van der Waals surface area contributed by atoms with Crippen molar-refractivity contribution in [3.63, 3.8) is 0 Å². The lowest BCUT2D eigenvalue weighted by Gasteiger charge is -1.97. The van der Waals surface area contributed by atoms with E-state index in [9.17, 15) is 4.39 Å². The van der Waals surface area contributed by atoms with Crippen LogP contribution in [0.15, 0.2) is 53.9 Å². The molecule has 3 aromatic rings. The number of hydrogen-bond donors (Lipinski definition) is 0. The van der Waals surface area contributed by atoms with Crippen LogP contribution in [0.25, 0.3) is 21.8 Å². The molecule has 2 aromatic carbocycles. The zero-order valence-corrected chi connectivity index (χ0v) is 11.4. The second-order valence-electron chi connectivity index (χ2n) is 4.05. The number of thiazole rings is 1. The van der Waals surface area contributed by atoms with E-state index in [0.717, 1.165) is 21.8 Å². The molecule has 0 saturated heterocycles. The van der Waals surface area contributed by atoms with Crippen molar-refractivity contribution in [2.45, 2.75) is 0 Å². The fourth-order valence-electron chi connectivity index (χ4n) is 1.75. The van der Waals surface area contributed by atoms with Crippen LogP contribution in [-0.4, -0.2) is 4.98 Å². The fraction of sp³-hybridized carbons (Fsp3) is 0. The average molecular weight is 290 g/mol. The molecule has 0 N–H and O–H groups in total. The van der Waals surface area contributed by atoms with Crippen molar-refractivity contribution in [2.24, 2.45) is 0 Å². The molecule has 1 aromatic heterocycles. The van der Waals surface area contributed by atoms with Gasteiger partial charge in [-0.05, 0) is 36.4 Å². The molecule has 94 valence electrons. The fourth-order valence-corrected chi connectivity index (χ4v) is 2.71. The molecular weight excluding hydrogens is 281 g/mol. The first-order valence-corrected chi connectivity index (χ1v) is 6.95. The molecule has 0 atom stereocenters. The summed E-state index contributed by atoms with van der Waals surface area (Å²) in [4.78, 5) is 4.56. The number of halogens is 2. The molecule has 19 heavy (non-hydrogen) atoms. The van der Waals surface area contributed by atoms with Gasteiger partial charge in [-0.1, -0.05) is 23.7 Å². The molecule has 0 aliphatic rings. The molecule has 0 amide bonds. The van der Waals surface area contributed by atoms with Crippen molar-refractivity contribution in [2.75, 3.05) is 0 Å². The Labute approximate surface area is 119 Å². The van der Waals surface area contributed by atoms with Crippen LogP contribution in [0, 0.1) is 5.82 Å². The largest absolute Gasteiger partial charge is 0.236 e. The molecule has 0 fully saturated rings. The molecule has 0 saturated carbocycles. The Kier molecular flexibility index (Phi) is 3.32. The van der Waals surface area contributed by atoms with Crippen LogP contribution in [0.2, 0.25) is 5.02 Å². The number of nitrogens with zero attached hydrogens (tertiary/aromatic N) is 1. The molecular formula is C15H9ClFNS. The molecule has 0 spiro atoms. The Hall–Kier alpha value is -1.71. The topological polar surface area (TPSA) is 12.9 Å². The van der Waals surface area contributed by atoms with E-state index in [1.807, 2.05) is 29.6 Å². The van der Waals surface area contributed by atoms with Gasteiger partial charge in [-0.15, -0.1) is 11.3 Å². The number of aromatic nitrogens is 1. The van der Waals surface area contributed by atoms with Crippen LogP contribution in [-0.2, 0) is 0 Å². The SMILES string of the molecule is Fc1ccc(-c2csc(-c3ccc(Cl)cc3)n2)cc1. The summed E-state index contributed by atoms with van der Waals surface area (Å²) in [6.07, 6.45) is 0. The Morgan fingerprint density at radius 2 is 1.53 bits per heavy atom. The van der Waals surface area contributed by atoms with Crippen LogP contribution in [0.1, 0.15) is 0 Å². The van der Waals surface area contributed by atoms with Gasteiger partial charge in [0.05, 0.1) is 5.69 Å². The zero-order valence-electron chi connectivity index (χ0n) is 9.81. The highest BCUT2D eigenvalue weighted by Gasteiger charge is 2.06. The van der Waals surface area contributed by atoms with Gasteiger partial charge >= 0.3 is 0 Å². The van der Waals surface area contributed by atoms with Gasteiger partial charge in [0.1, 0.15) is 10.8 Å². The standard InChI is InChI=1S/C15H9ClFNS/c16-12-5-1-11(2-6-12)15-18-14(9-19-15)10-3-7-13(17)8-4-10/h1-9H. The van der Waals surface area contributed by atoms with E-state index in [1.165, 1.54) is 12.1 Å². The third-order valence-corrected chi connectivity index (χ3v) is 3.88. The van der Waals surface area contributed by atoms with Gasteiger partial charge in [0.25, 0.3) is 0 Å². The minimum absolute atomic E-state index is 0.239. The molecule has 0 aliphatic carbocycles. The molecule has 3 rings (SSSR count). The number of benzene rings is 2. The van der Waals surface area contributed by atoms with Crippen molar-refractivity contribution in [1.82, 2.24) is 4.98 Å². The van der Waals surface area contributed by atoms with Gasteiger partial charge < -0.3 is 0 Å². The lowest BCUT2D eigenvalue weighted by atomic mass is 10.2. The summed E-state index contributed by atoms with van der Waals surface area (Å²) < 4.78 is 12.9. The highest BCUT2D eigenvalue weighted by atomic mass is 35.5. The highest BCUT2D eigenvalue weighted by molar-refractivity contribution is 7.13. The predicted octanol–water partition coefficient (Wildman–Crippen LogP) is 5.27. The summed E-state index contributed by atoms with van der Waals surface area (Å²) in [6, 6.07) is 13.9. The second kappa shape index (κ2) is 5.11. The van der Waals surface area contributed by atoms with Crippen molar-refractivity contribution >= 4 is 22.9 Å². The van der Waals surface area contributed by atoms with E-state index in [1.54, 1.807) is 23.5 Å². The van der Waals surface area contributed by atoms with E-state index >= 15 is 0 Å². The van der Waals surface area contributed by atoms with Gasteiger partial charge in [-0.2, -0.15) is 0 Å². The monoisotopic (exact) mass is 289 g/mol. The molecule has 1 nitrogen and oxygen atoms in total. The summed E-state index contributed by atoms with van der Waals surface area (Å²) in [6.45, 7) is 0. The van der Waals surface area contributed by atoms with Gasteiger partial charge in [0, 0.05) is 21.5 Å². The van der Waals surface area contributed by atoms with E-state index in [4.69, 9.17) is 11.6 Å². The normalized spacial score (nSPS) is 10.6. The predicted molar refractivity (Wildman–Crippen MR) is 78.0 cm³/mol. The van der Waals surface area contributed by atoms with Crippen molar-refractivity contribution in [3.8, 4) is 21.8 Å². The average Bonchev–Trinajstić information content (AvgIpc) is 2.90. The number of rotatable bonds is 2. The van der Waals surface area contributed by atoms with Crippen molar-refractivity contribution < 1.29 is 4.39 Å². The van der Waals surface area contributed by atoms with E-state index in [0.29, 0.717) is 5.02 Å². The van der Waals surface area contributed by atoms with Crippen LogP contribution in [0.3, 0.4) is 0 Å². The van der Waals surface area contributed by atoms with Crippen LogP contribution >= 0.6 is 22.9 Å². The first-order chi connectivity index (χ1) is 9.22. The maximum Gasteiger partial charge on any atom is 0.124 e. The minimum atomic E-state index is -0.239. The van der Waals surface area contributed by atoms with E-state index in [-0.39, 0.29) is 5.82 Å². The van der Waals surface area contributed by atoms with Crippen molar-refractivity contribution in [3.05, 3.63) is 64.8 Å². The van der Waals surface area contributed by atoms with Gasteiger partial charge in [-0.25, -0.2) is 9.37 Å². The maximum atomic E-state index is 12.9. The van der Waals surface area contributed by atoms with Gasteiger partial charge in [0.2, 0.25) is 0 Å². The van der Waals surface area contributed by atoms with E-state index in [2.05, 4.69) is 4.98 Å². The molecule has 0 bridgehead atoms. The Bertz CT molecular complexity index is 629. The highest BCUT2D eigenvalue weighted by Crippen LogP contribution is 2.29. The third kappa shape index (κ3) is 2.67. The zero-order chi connectivity index (χ0) is 13.2. The van der Waals surface area contributed by atoms with Crippen LogP contribution in [0.4, 0.5) is 4.39 Å². The number of hydrogen-bond acceptors (Lipinski definition) is 2. The summed E-state index contributed by atoms with van der Waals surface area (Å²) >= 11 is 7.42. The smallest absolute Gasteiger partial charge is 0.124 e. The molecule has 0 aliphatic heterocycles. The van der Waals surface area contributed by atoms with Crippen LogP contribution in [0.5, 0.6) is 0 Å². The third-order valence-electron chi connectivity index (χ3n) is 2.74.